The van der Waals surface area contributed by atoms with Gasteiger partial charge in [0.05, 0.1) is 11.8 Å². The number of carbonyl (C=O) groups is 2. The third kappa shape index (κ3) is 10.6. The van der Waals surface area contributed by atoms with Crippen molar-refractivity contribution in [2.45, 2.75) is 90.9 Å². The molecule has 2 unspecified atom stereocenters. The lowest BCUT2D eigenvalue weighted by Gasteiger charge is -2.14. The molecule has 0 saturated heterocycles. The van der Waals surface area contributed by atoms with Crippen LogP contribution in [0.1, 0.15) is 90.9 Å². The highest BCUT2D eigenvalue weighted by molar-refractivity contribution is 5.70. The molecule has 0 aromatic carbocycles. The Kier molecular flexibility index (Phi) is 12.9. The molecule has 0 aliphatic heterocycles. The summed E-state index contributed by atoms with van der Waals surface area (Å²) in [7, 11) is 0. The molecule has 0 aliphatic rings. The highest BCUT2D eigenvalue weighted by Gasteiger charge is 2.19. The molecule has 0 aromatic heterocycles. The minimum Gasteiger partial charge on any atom is -0.481 e. The van der Waals surface area contributed by atoms with E-state index >= 15 is 0 Å². The van der Waals surface area contributed by atoms with E-state index in [1.807, 2.05) is 0 Å². The first kappa shape index (κ1) is 20.9. The molecule has 0 spiro atoms. The van der Waals surface area contributed by atoms with Crippen molar-refractivity contribution in [1.29, 1.82) is 0 Å². The van der Waals surface area contributed by atoms with Crippen molar-refractivity contribution >= 4 is 11.9 Å². The quantitative estimate of drug-likeness (QED) is 0.412. The lowest BCUT2D eigenvalue weighted by Crippen LogP contribution is -2.15. The van der Waals surface area contributed by atoms with E-state index in [4.69, 9.17) is 0 Å². The van der Waals surface area contributed by atoms with Crippen molar-refractivity contribution < 1.29 is 19.8 Å². The molecular formula is C18H34O4. The van der Waals surface area contributed by atoms with Crippen LogP contribution in [0.2, 0.25) is 0 Å². The molecule has 2 atom stereocenters. The molecule has 2 N–H and O–H groups in total. The number of carboxylic acids is 2. The van der Waals surface area contributed by atoms with Crippen LogP contribution >= 0.6 is 0 Å². The fraction of sp³-hybridized carbons (Fsp3) is 0.889. The molecule has 4 heteroatoms. The number of hydrogen-bond acceptors (Lipinski definition) is 2. The Balaban J connectivity index is 3.97. The lowest BCUT2D eigenvalue weighted by atomic mass is 9.91. The Morgan fingerprint density at radius 2 is 0.909 bits per heavy atom. The van der Waals surface area contributed by atoms with Gasteiger partial charge >= 0.3 is 11.9 Å². The van der Waals surface area contributed by atoms with Gasteiger partial charge in [0.25, 0.3) is 0 Å². The lowest BCUT2D eigenvalue weighted by molar-refractivity contribution is -0.143. The van der Waals surface area contributed by atoms with Gasteiger partial charge in [-0.05, 0) is 25.7 Å². The molecule has 22 heavy (non-hydrogen) atoms. The van der Waals surface area contributed by atoms with Crippen molar-refractivity contribution in [1.82, 2.24) is 0 Å². The number of hydrogen-bond donors (Lipinski definition) is 2. The van der Waals surface area contributed by atoms with Crippen molar-refractivity contribution in [2.24, 2.45) is 11.8 Å². The molecule has 0 aromatic rings. The number of carboxylic acid groups (broad SMARTS) is 2. The van der Waals surface area contributed by atoms with Gasteiger partial charge in [0.1, 0.15) is 0 Å². The highest BCUT2D eigenvalue weighted by Crippen LogP contribution is 2.21. The molecule has 130 valence electrons. The molecule has 0 heterocycles. The van der Waals surface area contributed by atoms with Crippen LogP contribution in [-0.4, -0.2) is 22.2 Å². The van der Waals surface area contributed by atoms with Crippen LogP contribution in [-0.2, 0) is 9.59 Å². The Morgan fingerprint density at radius 1 is 0.636 bits per heavy atom. The Bertz CT molecular complexity index is 271. The van der Waals surface area contributed by atoms with Crippen LogP contribution in [0.15, 0.2) is 0 Å². The second-order valence-corrected chi connectivity index (χ2v) is 6.35. The first-order chi connectivity index (χ1) is 10.5. The fourth-order valence-electron chi connectivity index (χ4n) is 2.85. The number of aliphatic carboxylic acids is 2. The van der Waals surface area contributed by atoms with E-state index in [1.54, 1.807) is 0 Å². The SMILES string of the molecule is CCCCCC(CCCCC(CCCCC)C(=O)O)C(=O)O. The summed E-state index contributed by atoms with van der Waals surface area (Å²) in [6, 6.07) is 0. The second-order valence-electron chi connectivity index (χ2n) is 6.35. The van der Waals surface area contributed by atoms with Crippen molar-refractivity contribution in [3.63, 3.8) is 0 Å². The van der Waals surface area contributed by atoms with E-state index in [9.17, 15) is 19.8 Å². The molecular weight excluding hydrogens is 280 g/mol. The molecule has 0 aliphatic carbocycles. The fourth-order valence-corrected chi connectivity index (χ4v) is 2.85. The van der Waals surface area contributed by atoms with Crippen LogP contribution in [0.25, 0.3) is 0 Å². The summed E-state index contributed by atoms with van der Waals surface area (Å²) in [4.78, 5) is 22.4. The van der Waals surface area contributed by atoms with E-state index in [2.05, 4.69) is 13.8 Å². The van der Waals surface area contributed by atoms with Crippen molar-refractivity contribution in [3.05, 3.63) is 0 Å². The zero-order chi connectivity index (χ0) is 16.8. The maximum Gasteiger partial charge on any atom is 0.306 e. The number of rotatable bonds is 15. The second kappa shape index (κ2) is 13.6. The van der Waals surface area contributed by atoms with E-state index in [0.717, 1.165) is 64.2 Å². The predicted molar refractivity (Wildman–Crippen MR) is 89.0 cm³/mol. The van der Waals surface area contributed by atoms with Crippen LogP contribution in [0.4, 0.5) is 0 Å². The van der Waals surface area contributed by atoms with Gasteiger partial charge in [-0.15, -0.1) is 0 Å². The first-order valence-corrected chi connectivity index (χ1v) is 8.98. The minimum absolute atomic E-state index is 0.255. The van der Waals surface area contributed by atoms with Gasteiger partial charge in [-0.2, -0.15) is 0 Å². The maximum absolute atomic E-state index is 11.2. The van der Waals surface area contributed by atoms with Crippen molar-refractivity contribution in [3.8, 4) is 0 Å². The third-order valence-corrected chi connectivity index (χ3v) is 4.37. The zero-order valence-electron chi connectivity index (χ0n) is 14.4. The minimum atomic E-state index is -0.700. The van der Waals surface area contributed by atoms with Gasteiger partial charge < -0.3 is 10.2 Å². The predicted octanol–water partition coefficient (Wildman–Crippen LogP) is 5.11. The van der Waals surface area contributed by atoms with Gasteiger partial charge in [0.15, 0.2) is 0 Å². The van der Waals surface area contributed by atoms with Gasteiger partial charge in [0.2, 0.25) is 0 Å². The maximum atomic E-state index is 11.2. The normalized spacial score (nSPS) is 13.7. The van der Waals surface area contributed by atoms with Crippen LogP contribution in [0, 0.1) is 11.8 Å². The molecule has 0 radical (unpaired) electrons. The smallest absolute Gasteiger partial charge is 0.306 e. The Hall–Kier alpha value is -1.06. The van der Waals surface area contributed by atoms with Gasteiger partial charge in [-0.3, -0.25) is 9.59 Å². The topological polar surface area (TPSA) is 74.6 Å². The summed E-state index contributed by atoms with van der Waals surface area (Å²) in [5.41, 5.74) is 0. The molecule has 0 saturated carbocycles. The molecule has 0 amide bonds. The summed E-state index contributed by atoms with van der Waals surface area (Å²) in [6.45, 7) is 4.22. The summed E-state index contributed by atoms with van der Waals surface area (Å²) >= 11 is 0. The molecule has 0 fully saturated rings. The van der Waals surface area contributed by atoms with Gasteiger partial charge in [0, 0.05) is 0 Å². The van der Waals surface area contributed by atoms with Gasteiger partial charge in [-0.25, -0.2) is 0 Å². The largest absolute Gasteiger partial charge is 0.481 e. The van der Waals surface area contributed by atoms with Crippen LogP contribution < -0.4 is 0 Å². The summed E-state index contributed by atoms with van der Waals surface area (Å²) in [5, 5.41) is 18.4. The zero-order valence-corrected chi connectivity index (χ0v) is 14.4. The Morgan fingerprint density at radius 3 is 1.14 bits per heavy atom. The van der Waals surface area contributed by atoms with Gasteiger partial charge in [-0.1, -0.05) is 65.2 Å². The third-order valence-electron chi connectivity index (χ3n) is 4.37. The van der Waals surface area contributed by atoms with E-state index in [0.29, 0.717) is 12.8 Å². The summed E-state index contributed by atoms with van der Waals surface area (Å²) in [6.07, 6.45) is 10.8. The van der Waals surface area contributed by atoms with Crippen molar-refractivity contribution in [2.75, 3.05) is 0 Å². The van der Waals surface area contributed by atoms with Crippen LogP contribution in [0.5, 0.6) is 0 Å². The summed E-state index contributed by atoms with van der Waals surface area (Å²) in [5.74, 6) is -1.91. The standard InChI is InChI=1S/C18H34O4/c1-3-5-7-11-15(17(19)20)13-9-10-14-16(18(21)22)12-8-6-4-2/h15-16H,3-14H2,1-2H3,(H,19,20)(H,21,22). The molecule has 0 rings (SSSR count). The highest BCUT2D eigenvalue weighted by atomic mass is 16.4. The molecule has 0 bridgehead atoms. The summed E-state index contributed by atoms with van der Waals surface area (Å²) < 4.78 is 0. The average molecular weight is 314 g/mol. The Labute approximate surface area is 135 Å². The van der Waals surface area contributed by atoms with E-state index in [1.165, 1.54) is 0 Å². The molecule has 4 nitrogen and oxygen atoms in total. The first-order valence-electron chi connectivity index (χ1n) is 8.98. The number of unbranched alkanes of at least 4 members (excludes halogenated alkanes) is 5. The van der Waals surface area contributed by atoms with E-state index in [-0.39, 0.29) is 11.8 Å². The monoisotopic (exact) mass is 314 g/mol. The van der Waals surface area contributed by atoms with Crippen LogP contribution in [0.3, 0.4) is 0 Å². The van der Waals surface area contributed by atoms with E-state index < -0.39 is 11.9 Å². The average Bonchev–Trinajstić information content (AvgIpc) is 2.47.